The van der Waals surface area contributed by atoms with Crippen molar-refractivity contribution >= 4 is 11.8 Å². The van der Waals surface area contributed by atoms with Gasteiger partial charge in [0.05, 0.1) is 13.2 Å². The lowest BCUT2D eigenvalue weighted by atomic mass is 9.92. The Morgan fingerprint density at radius 1 is 1.03 bits per heavy atom. The van der Waals surface area contributed by atoms with Crippen molar-refractivity contribution in [2.24, 2.45) is 11.8 Å². The number of piperidine rings is 2. The van der Waals surface area contributed by atoms with Crippen LogP contribution >= 0.6 is 0 Å². The summed E-state index contributed by atoms with van der Waals surface area (Å²) in [4.78, 5) is 29.7. The zero-order chi connectivity index (χ0) is 21.0. The molecular formula is C23H34N2O4. The highest BCUT2D eigenvalue weighted by atomic mass is 16.5. The molecule has 6 heteroatoms. The van der Waals surface area contributed by atoms with Gasteiger partial charge in [-0.1, -0.05) is 6.92 Å². The Balaban J connectivity index is 1.59. The molecule has 0 bridgehead atoms. The molecular weight excluding hydrogens is 368 g/mol. The van der Waals surface area contributed by atoms with Crippen molar-refractivity contribution in [2.45, 2.75) is 52.6 Å². The second kappa shape index (κ2) is 9.51. The van der Waals surface area contributed by atoms with Crippen LogP contribution in [0.15, 0.2) is 18.2 Å². The monoisotopic (exact) mass is 402 g/mol. The zero-order valence-corrected chi connectivity index (χ0v) is 18.1. The highest BCUT2D eigenvalue weighted by Crippen LogP contribution is 2.30. The maximum atomic E-state index is 13.0. The van der Waals surface area contributed by atoms with Gasteiger partial charge >= 0.3 is 0 Å². The van der Waals surface area contributed by atoms with Crippen LogP contribution in [-0.4, -0.2) is 61.0 Å². The van der Waals surface area contributed by atoms with Crippen molar-refractivity contribution in [3.05, 3.63) is 23.8 Å². The molecule has 2 aliphatic heterocycles. The number of hydrogen-bond donors (Lipinski definition) is 0. The summed E-state index contributed by atoms with van der Waals surface area (Å²) in [6.45, 7) is 9.11. The topological polar surface area (TPSA) is 59.1 Å². The fraction of sp³-hybridized carbons (Fsp3) is 0.652. The summed E-state index contributed by atoms with van der Waals surface area (Å²) in [7, 11) is 1.58. The summed E-state index contributed by atoms with van der Waals surface area (Å²) in [5.74, 6) is 2.10. The third-order valence-electron chi connectivity index (χ3n) is 5.87. The number of benzene rings is 1. The number of likely N-dealkylation sites (tertiary alicyclic amines) is 2. The van der Waals surface area contributed by atoms with Gasteiger partial charge in [0.1, 0.15) is 0 Å². The molecule has 29 heavy (non-hydrogen) atoms. The third kappa shape index (κ3) is 5.22. The Kier molecular flexibility index (Phi) is 7.04. The first-order chi connectivity index (χ1) is 13.9. The van der Waals surface area contributed by atoms with E-state index in [1.54, 1.807) is 25.3 Å². The summed E-state index contributed by atoms with van der Waals surface area (Å²) in [6, 6.07) is 5.32. The number of amides is 2. The van der Waals surface area contributed by atoms with Gasteiger partial charge in [-0.15, -0.1) is 0 Å². The minimum Gasteiger partial charge on any atom is -0.493 e. The van der Waals surface area contributed by atoms with Crippen LogP contribution in [0, 0.1) is 11.8 Å². The number of carbonyl (C=O) groups is 2. The molecule has 3 rings (SSSR count). The van der Waals surface area contributed by atoms with E-state index in [0.717, 1.165) is 32.4 Å². The molecule has 2 fully saturated rings. The number of ether oxygens (including phenoxy) is 2. The van der Waals surface area contributed by atoms with E-state index in [1.807, 2.05) is 23.6 Å². The zero-order valence-electron chi connectivity index (χ0n) is 18.1. The Hall–Kier alpha value is -2.24. The molecule has 1 aromatic carbocycles. The molecule has 2 amide bonds. The normalized spacial score (nSPS) is 20.7. The second-order valence-electron chi connectivity index (χ2n) is 8.63. The Bertz CT molecular complexity index is 726. The van der Waals surface area contributed by atoms with Gasteiger partial charge in [0.25, 0.3) is 5.91 Å². The van der Waals surface area contributed by atoms with Gasteiger partial charge < -0.3 is 19.3 Å². The average molecular weight is 403 g/mol. The SMILES string of the molecule is COc1cc(C(=O)N2CCC(C(=O)N3CCCC(C)C3)CC2)ccc1OC(C)C. The molecule has 0 radical (unpaired) electrons. The summed E-state index contributed by atoms with van der Waals surface area (Å²) in [5.41, 5.74) is 0.590. The van der Waals surface area contributed by atoms with E-state index in [4.69, 9.17) is 9.47 Å². The van der Waals surface area contributed by atoms with Crippen LogP contribution < -0.4 is 9.47 Å². The first kappa shape index (κ1) is 21.5. The quantitative estimate of drug-likeness (QED) is 0.755. The van der Waals surface area contributed by atoms with Gasteiger partial charge in [0.15, 0.2) is 11.5 Å². The lowest BCUT2D eigenvalue weighted by Gasteiger charge is -2.37. The standard InChI is InChI=1S/C23H34N2O4/c1-16(2)29-20-8-7-19(14-21(20)28-4)23(27)24-12-9-18(10-13-24)22(26)25-11-5-6-17(3)15-25/h7-8,14,16-18H,5-6,9-13,15H2,1-4H3. The number of rotatable bonds is 5. The van der Waals surface area contributed by atoms with Crippen molar-refractivity contribution in [1.82, 2.24) is 9.80 Å². The van der Waals surface area contributed by atoms with Gasteiger partial charge in [-0.25, -0.2) is 0 Å². The molecule has 2 aliphatic rings. The van der Waals surface area contributed by atoms with Crippen molar-refractivity contribution < 1.29 is 19.1 Å². The third-order valence-corrected chi connectivity index (χ3v) is 5.87. The predicted octanol–water partition coefficient (Wildman–Crippen LogP) is 3.59. The molecule has 2 saturated heterocycles. The van der Waals surface area contributed by atoms with E-state index in [9.17, 15) is 9.59 Å². The molecule has 0 aliphatic carbocycles. The van der Waals surface area contributed by atoms with Gasteiger partial charge in [-0.2, -0.15) is 0 Å². The Morgan fingerprint density at radius 2 is 1.76 bits per heavy atom. The molecule has 1 atom stereocenters. The smallest absolute Gasteiger partial charge is 0.253 e. The van der Waals surface area contributed by atoms with Gasteiger partial charge in [0.2, 0.25) is 5.91 Å². The van der Waals surface area contributed by atoms with E-state index in [-0.39, 0.29) is 23.8 Å². The second-order valence-corrected chi connectivity index (χ2v) is 8.63. The van der Waals surface area contributed by atoms with Crippen molar-refractivity contribution in [2.75, 3.05) is 33.3 Å². The molecule has 1 unspecified atom stereocenters. The van der Waals surface area contributed by atoms with Crippen LogP contribution in [0.25, 0.3) is 0 Å². The van der Waals surface area contributed by atoms with Crippen LogP contribution in [0.1, 0.15) is 56.8 Å². The number of carbonyl (C=O) groups excluding carboxylic acids is 2. The molecule has 0 aromatic heterocycles. The maximum Gasteiger partial charge on any atom is 0.253 e. The van der Waals surface area contributed by atoms with E-state index in [2.05, 4.69) is 6.92 Å². The number of hydrogen-bond acceptors (Lipinski definition) is 4. The van der Waals surface area contributed by atoms with Gasteiger partial charge in [-0.3, -0.25) is 9.59 Å². The minimum absolute atomic E-state index is 0.0168. The van der Waals surface area contributed by atoms with Crippen molar-refractivity contribution in [3.8, 4) is 11.5 Å². The fourth-order valence-corrected chi connectivity index (χ4v) is 4.31. The van der Waals surface area contributed by atoms with Crippen LogP contribution in [-0.2, 0) is 4.79 Å². The molecule has 0 N–H and O–H groups in total. The van der Waals surface area contributed by atoms with Gasteiger partial charge in [-0.05, 0) is 63.6 Å². The number of nitrogens with zero attached hydrogens (tertiary/aromatic N) is 2. The first-order valence-electron chi connectivity index (χ1n) is 10.8. The highest BCUT2D eigenvalue weighted by molar-refractivity contribution is 5.95. The lowest BCUT2D eigenvalue weighted by molar-refractivity contribution is -0.138. The molecule has 0 saturated carbocycles. The van der Waals surface area contributed by atoms with Crippen molar-refractivity contribution in [1.29, 1.82) is 0 Å². The largest absolute Gasteiger partial charge is 0.493 e. The fourth-order valence-electron chi connectivity index (χ4n) is 4.31. The molecule has 0 spiro atoms. The van der Waals surface area contributed by atoms with Crippen LogP contribution in [0.3, 0.4) is 0 Å². The maximum absolute atomic E-state index is 13.0. The molecule has 6 nitrogen and oxygen atoms in total. The summed E-state index contributed by atoms with van der Waals surface area (Å²) < 4.78 is 11.1. The summed E-state index contributed by atoms with van der Waals surface area (Å²) in [5, 5.41) is 0. The average Bonchev–Trinajstić information content (AvgIpc) is 2.72. The summed E-state index contributed by atoms with van der Waals surface area (Å²) >= 11 is 0. The molecule has 160 valence electrons. The van der Waals surface area contributed by atoms with Crippen molar-refractivity contribution in [3.63, 3.8) is 0 Å². The predicted molar refractivity (Wildman–Crippen MR) is 112 cm³/mol. The Morgan fingerprint density at radius 3 is 2.38 bits per heavy atom. The van der Waals surface area contributed by atoms with Crippen LogP contribution in [0.2, 0.25) is 0 Å². The summed E-state index contributed by atoms with van der Waals surface area (Å²) in [6.07, 6.45) is 3.82. The van der Waals surface area contributed by atoms with E-state index >= 15 is 0 Å². The number of methoxy groups -OCH3 is 1. The van der Waals surface area contributed by atoms with E-state index < -0.39 is 0 Å². The van der Waals surface area contributed by atoms with Crippen LogP contribution in [0.5, 0.6) is 11.5 Å². The molecule has 1 aromatic rings. The first-order valence-corrected chi connectivity index (χ1v) is 10.8. The highest BCUT2D eigenvalue weighted by Gasteiger charge is 2.32. The van der Waals surface area contributed by atoms with Crippen LogP contribution in [0.4, 0.5) is 0 Å². The molecule has 2 heterocycles. The lowest BCUT2D eigenvalue weighted by Crippen LogP contribution is -2.47. The Labute approximate surface area is 174 Å². The van der Waals surface area contributed by atoms with Gasteiger partial charge in [0, 0.05) is 37.7 Å². The van der Waals surface area contributed by atoms with E-state index in [1.165, 1.54) is 6.42 Å². The van der Waals surface area contributed by atoms with E-state index in [0.29, 0.717) is 36.1 Å². The minimum atomic E-state index is -0.0168.